The number of pyridine rings is 1. The molecule has 0 aromatic carbocycles. The molecule has 4 nitrogen and oxygen atoms in total. The number of nitrogens with one attached hydrogen (secondary N) is 1. The zero-order chi connectivity index (χ0) is 10.7. The second-order valence-corrected chi connectivity index (χ2v) is 3.66. The summed E-state index contributed by atoms with van der Waals surface area (Å²) in [7, 11) is 1.71. The molecule has 15 heavy (non-hydrogen) atoms. The summed E-state index contributed by atoms with van der Waals surface area (Å²) < 4.78 is 5.00. The second kappa shape index (κ2) is 4.40. The minimum absolute atomic E-state index is 0.767. The third kappa shape index (κ3) is 2.33. The number of methoxy groups -OCH3 is 1. The van der Waals surface area contributed by atoms with Gasteiger partial charge in [-0.15, -0.1) is 0 Å². The topological polar surface area (TPSA) is 50.8 Å². The Labute approximate surface area is 88.7 Å². The summed E-state index contributed by atoms with van der Waals surface area (Å²) >= 11 is 0. The largest absolute Gasteiger partial charge is 0.385 e. The van der Waals surface area contributed by atoms with Crippen LogP contribution < -0.4 is 0 Å². The molecule has 0 aliphatic heterocycles. The van der Waals surface area contributed by atoms with Crippen LogP contribution in [0.4, 0.5) is 0 Å². The fraction of sp³-hybridized carbons (Fsp3) is 0.455. The number of aromatic amines is 1. The molecule has 2 heterocycles. The van der Waals surface area contributed by atoms with E-state index >= 15 is 0 Å². The van der Waals surface area contributed by atoms with E-state index in [1.54, 1.807) is 7.11 Å². The van der Waals surface area contributed by atoms with Crippen LogP contribution in [0.3, 0.4) is 0 Å². The average Bonchev–Trinajstić information content (AvgIpc) is 2.60. The molecule has 80 valence electrons. The highest BCUT2D eigenvalue weighted by Gasteiger charge is 2.03. The Bertz CT molecular complexity index is 450. The molecular formula is C11H15N3O. The van der Waals surface area contributed by atoms with E-state index in [2.05, 4.69) is 21.0 Å². The highest BCUT2D eigenvalue weighted by atomic mass is 16.5. The van der Waals surface area contributed by atoms with Crippen molar-refractivity contribution in [1.29, 1.82) is 0 Å². The first kappa shape index (κ1) is 10.1. The molecule has 0 amide bonds. The molecule has 0 saturated carbocycles. The number of rotatable bonds is 4. The minimum atomic E-state index is 0.767. The van der Waals surface area contributed by atoms with Crippen LogP contribution in [-0.2, 0) is 11.2 Å². The number of fused-ring (bicyclic) bond motifs is 1. The third-order valence-corrected chi connectivity index (χ3v) is 2.29. The van der Waals surface area contributed by atoms with Crippen molar-refractivity contribution in [3.63, 3.8) is 0 Å². The van der Waals surface area contributed by atoms with E-state index in [9.17, 15) is 0 Å². The van der Waals surface area contributed by atoms with Crippen molar-refractivity contribution in [2.75, 3.05) is 13.7 Å². The predicted molar refractivity (Wildman–Crippen MR) is 58.8 cm³/mol. The summed E-state index contributed by atoms with van der Waals surface area (Å²) in [6.45, 7) is 2.79. The van der Waals surface area contributed by atoms with Crippen LogP contribution in [0.2, 0.25) is 0 Å². The maximum Gasteiger partial charge on any atom is 0.177 e. The third-order valence-electron chi connectivity index (χ3n) is 2.29. The van der Waals surface area contributed by atoms with E-state index in [0.717, 1.165) is 42.0 Å². The molecule has 4 heteroatoms. The Kier molecular flexibility index (Phi) is 2.97. The van der Waals surface area contributed by atoms with Crippen LogP contribution in [0, 0.1) is 6.92 Å². The molecular weight excluding hydrogens is 190 g/mol. The van der Waals surface area contributed by atoms with Gasteiger partial charge in [0.1, 0.15) is 5.82 Å². The molecule has 2 aromatic rings. The number of ether oxygens (including phenoxy) is 1. The van der Waals surface area contributed by atoms with Gasteiger partial charge in [0, 0.05) is 26.3 Å². The van der Waals surface area contributed by atoms with Gasteiger partial charge in [0.25, 0.3) is 0 Å². The van der Waals surface area contributed by atoms with Gasteiger partial charge in [0.15, 0.2) is 5.65 Å². The zero-order valence-electron chi connectivity index (χ0n) is 9.08. The van der Waals surface area contributed by atoms with Gasteiger partial charge in [-0.05, 0) is 25.0 Å². The standard InChI is InChI=1S/C11H15N3O/c1-8-6-9-11(12-7-8)14-10(13-9)4-3-5-15-2/h6-7H,3-5H2,1-2H3,(H,12,13,14). The van der Waals surface area contributed by atoms with Crippen LogP contribution in [0.1, 0.15) is 17.8 Å². The molecule has 2 rings (SSSR count). The summed E-state index contributed by atoms with van der Waals surface area (Å²) in [5.74, 6) is 0.986. The molecule has 0 spiro atoms. The first-order valence-corrected chi connectivity index (χ1v) is 5.10. The number of aryl methyl sites for hydroxylation is 2. The van der Waals surface area contributed by atoms with Gasteiger partial charge in [0.05, 0.1) is 5.52 Å². The molecule has 0 radical (unpaired) electrons. The average molecular weight is 205 g/mol. The molecule has 0 aliphatic carbocycles. The van der Waals surface area contributed by atoms with E-state index in [-0.39, 0.29) is 0 Å². The van der Waals surface area contributed by atoms with E-state index in [4.69, 9.17) is 4.74 Å². The van der Waals surface area contributed by atoms with Gasteiger partial charge >= 0.3 is 0 Å². The summed E-state index contributed by atoms with van der Waals surface area (Å²) in [6.07, 6.45) is 3.72. The molecule has 0 bridgehead atoms. The molecule has 2 aromatic heterocycles. The SMILES string of the molecule is COCCCc1nc2ncc(C)cc2[nH]1. The highest BCUT2D eigenvalue weighted by molar-refractivity contribution is 5.70. The van der Waals surface area contributed by atoms with Crippen molar-refractivity contribution in [3.8, 4) is 0 Å². The smallest absolute Gasteiger partial charge is 0.177 e. The van der Waals surface area contributed by atoms with Gasteiger partial charge < -0.3 is 9.72 Å². The summed E-state index contributed by atoms with van der Waals surface area (Å²) in [5.41, 5.74) is 2.96. The molecule has 0 fully saturated rings. The van der Waals surface area contributed by atoms with Gasteiger partial charge in [-0.25, -0.2) is 9.97 Å². The van der Waals surface area contributed by atoms with Gasteiger partial charge in [-0.3, -0.25) is 0 Å². The van der Waals surface area contributed by atoms with Crippen molar-refractivity contribution in [2.24, 2.45) is 0 Å². The summed E-state index contributed by atoms with van der Waals surface area (Å²) in [6, 6.07) is 2.06. The number of hydrogen-bond donors (Lipinski definition) is 1. The Morgan fingerprint density at radius 1 is 1.47 bits per heavy atom. The molecule has 0 saturated heterocycles. The number of nitrogens with zero attached hydrogens (tertiary/aromatic N) is 2. The zero-order valence-corrected chi connectivity index (χ0v) is 9.08. The Morgan fingerprint density at radius 2 is 2.33 bits per heavy atom. The fourth-order valence-corrected chi connectivity index (χ4v) is 1.56. The number of hydrogen-bond acceptors (Lipinski definition) is 3. The monoisotopic (exact) mass is 205 g/mol. The van der Waals surface area contributed by atoms with Crippen molar-refractivity contribution >= 4 is 11.2 Å². The molecule has 1 N–H and O–H groups in total. The lowest BCUT2D eigenvalue weighted by Gasteiger charge is -1.94. The Morgan fingerprint density at radius 3 is 3.13 bits per heavy atom. The predicted octanol–water partition coefficient (Wildman–Crippen LogP) is 1.85. The highest BCUT2D eigenvalue weighted by Crippen LogP contribution is 2.11. The maximum absolute atomic E-state index is 5.00. The van der Waals surface area contributed by atoms with Crippen molar-refractivity contribution in [1.82, 2.24) is 15.0 Å². The van der Waals surface area contributed by atoms with Crippen LogP contribution >= 0.6 is 0 Å². The van der Waals surface area contributed by atoms with E-state index < -0.39 is 0 Å². The minimum Gasteiger partial charge on any atom is -0.385 e. The van der Waals surface area contributed by atoms with E-state index in [0.29, 0.717) is 0 Å². The van der Waals surface area contributed by atoms with Gasteiger partial charge in [0.2, 0.25) is 0 Å². The summed E-state index contributed by atoms with van der Waals surface area (Å²) in [4.78, 5) is 11.9. The molecule has 0 atom stereocenters. The van der Waals surface area contributed by atoms with Crippen LogP contribution in [0.5, 0.6) is 0 Å². The fourth-order valence-electron chi connectivity index (χ4n) is 1.56. The van der Waals surface area contributed by atoms with E-state index in [1.807, 2.05) is 13.1 Å². The van der Waals surface area contributed by atoms with Crippen molar-refractivity contribution < 1.29 is 4.74 Å². The molecule has 0 unspecified atom stereocenters. The van der Waals surface area contributed by atoms with Crippen molar-refractivity contribution in [2.45, 2.75) is 19.8 Å². The van der Waals surface area contributed by atoms with Crippen LogP contribution in [-0.4, -0.2) is 28.7 Å². The van der Waals surface area contributed by atoms with E-state index in [1.165, 1.54) is 0 Å². The van der Waals surface area contributed by atoms with Crippen LogP contribution in [0.15, 0.2) is 12.3 Å². The summed E-state index contributed by atoms with van der Waals surface area (Å²) in [5, 5.41) is 0. The lowest BCUT2D eigenvalue weighted by molar-refractivity contribution is 0.194. The number of H-pyrrole nitrogens is 1. The van der Waals surface area contributed by atoms with Gasteiger partial charge in [-0.1, -0.05) is 0 Å². The molecule has 0 aliphatic rings. The second-order valence-electron chi connectivity index (χ2n) is 3.66. The Balaban J connectivity index is 2.16. The lowest BCUT2D eigenvalue weighted by atomic mass is 10.3. The first-order valence-electron chi connectivity index (χ1n) is 5.10. The quantitative estimate of drug-likeness (QED) is 0.775. The van der Waals surface area contributed by atoms with Gasteiger partial charge in [-0.2, -0.15) is 0 Å². The number of imidazole rings is 1. The lowest BCUT2D eigenvalue weighted by Crippen LogP contribution is -1.93. The first-order chi connectivity index (χ1) is 7.29. The van der Waals surface area contributed by atoms with Crippen molar-refractivity contribution in [3.05, 3.63) is 23.7 Å². The normalized spacial score (nSPS) is 11.1. The van der Waals surface area contributed by atoms with Crippen LogP contribution in [0.25, 0.3) is 11.2 Å². The maximum atomic E-state index is 5.00. The Hall–Kier alpha value is -1.42. The number of aromatic nitrogens is 3.